The molecule has 0 spiro atoms. The van der Waals surface area contributed by atoms with Crippen LogP contribution in [0.25, 0.3) is 0 Å². The van der Waals surface area contributed by atoms with Crippen molar-refractivity contribution < 1.29 is 26.4 Å². The number of carbonyl (C=O) groups is 1. The maximum Gasteiger partial charge on any atom is 0.246 e. The second kappa shape index (κ2) is 6.80. The molecule has 0 atom stereocenters. The van der Waals surface area contributed by atoms with Gasteiger partial charge in [0.2, 0.25) is 26.0 Å². The molecule has 0 radical (unpaired) electrons. The van der Waals surface area contributed by atoms with Crippen molar-refractivity contribution in [3.63, 3.8) is 0 Å². The maximum atomic E-state index is 13.1. The zero-order valence-electron chi connectivity index (χ0n) is 14.6. The van der Waals surface area contributed by atoms with E-state index in [0.29, 0.717) is 30.5 Å². The summed E-state index contributed by atoms with van der Waals surface area (Å²) < 4.78 is 57.6. The molecule has 2 aliphatic rings. The molecule has 0 aromatic heterocycles. The predicted molar refractivity (Wildman–Crippen MR) is 95.1 cm³/mol. The average Bonchev–Trinajstić information content (AvgIpc) is 2.87. The smallest absolute Gasteiger partial charge is 0.246 e. The minimum Gasteiger partial charge on any atom is -0.495 e. The number of nitrogens with zero attached hydrogens (tertiary/aromatic N) is 3. The highest BCUT2D eigenvalue weighted by Gasteiger charge is 2.38. The Bertz CT molecular complexity index is 921. The van der Waals surface area contributed by atoms with Crippen LogP contribution in [0.15, 0.2) is 23.1 Å². The number of carbonyl (C=O) groups excluding carboxylic acids is 1. The number of methoxy groups -OCH3 is 1. The summed E-state index contributed by atoms with van der Waals surface area (Å²) in [4.78, 5) is 13.9. The molecule has 26 heavy (non-hydrogen) atoms. The molecule has 2 heterocycles. The topological polar surface area (TPSA) is 104 Å². The molecule has 2 fully saturated rings. The first-order valence-corrected chi connectivity index (χ1v) is 11.1. The van der Waals surface area contributed by atoms with E-state index in [-0.39, 0.29) is 28.5 Å². The maximum absolute atomic E-state index is 13.1. The van der Waals surface area contributed by atoms with Gasteiger partial charge in [0.15, 0.2) is 0 Å². The van der Waals surface area contributed by atoms with Gasteiger partial charge < -0.3 is 9.64 Å². The molecule has 0 unspecified atom stereocenters. The summed E-state index contributed by atoms with van der Waals surface area (Å²) in [5.41, 5.74) is 0.0148. The van der Waals surface area contributed by atoms with Crippen molar-refractivity contribution >= 4 is 31.6 Å². The van der Waals surface area contributed by atoms with Gasteiger partial charge in [0, 0.05) is 32.6 Å². The van der Waals surface area contributed by atoms with E-state index in [0.717, 1.165) is 0 Å². The molecule has 0 N–H and O–H groups in total. The van der Waals surface area contributed by atoms with Gasteiger partial charge in [-0.15, -0.1) is 0 Å². The summed E-state index contributed by atoms with van der Waals surface area (Å²) in [5, 5.41) is 0. The normalized spacial score (nSPS) is 21.9. The van der Waals surface area contributed by atoms with Crippen LogP contribution in [0.4, 0.5) is 5.69 Å². The summed E-state index contributed by atoms with van der Waals surface area (Å²) in [7, 11) is -4.41. The predicted octanol–water partition coefficient (Wildman–Crippen LogP) is -0.302. The summed E-state index contributed by atoms with van der Waals surface area (Å²) >= 11 is 0. The number of rotatable bonds is 4. The molecule has 1 aromatic rings. The van der Waals surface area contributed by atoms with Crippen molar-refractivity contribution in [1.82, 2.24) is 9.21 Å². The summed E-state index contributed by atoms with van der Waals surface area (Å²) in [6, 6.07) is 3.95. The fourth-order valence-corrected chi connectivity index (χ4v) is 6.08. The van der Waals surface area contributed by atoms with Crippen molar-refractivity contribution in [3.05, 3.63) is 18.2 Å². The van der Waals surface area contributed by atoms with Gasteiger partial charge in [-0.1, -0.05) is 0 Å². The van der Waals surface area contributed by atoms with E-state index in [1.54, 1.807) is 0 Å². The Balaban J connectivity index is 2.05. The van der Waals surface area contributed by atoms with Crippen LogP contribution in [0.2, 0.25) is 0 Å². The fourth-order valence-electron chi connectivity index (χ4n) is 3.03. The minimum absolute atomic E-state index is 0.0148. The van der Waals surface area contributed by atoms with Crippen LogP contribution < -0.4 is 9.04 Å². The van der Waals surface area contributed by atoms with Crippen LogP contribution in [-0.4, -0.2) is 78.0 Å². The van der Waals surface area contributed by atoms with Crippen LogP contribution in [0.5, 0.6) is 5.75 Å². The molecule has 0 bridgehead atoms. The van der Waals surface area contributed by atoms with Gasteiger partial charge in [-0.05, 0) is 25.2 Å². The third-order valence-electron chi connectivity index (χ3n) is 4.54. The van der Waals surface area contributed by atoms with Crippen LogP contribution >= 0.6 is 0 Å². The monoisotopic (exact) mass is 403 g/mol. The van der Waals surface area contributed by atoms with Crippen molar-refractivity contribution in [2.75, 3.05) is 50.4 Å². The highest BCUT2D eigenvalue weighted by molar-refractivity contribution is 7.94. The second-order valence-electron chi connectivity index (χ2n) is 6.27. The van der Waals surface area contributed by atoms with E-state index >= 15 is 0 Å². The number of piperazine rings is 1. The van der Waals surface area contributed by atoms with Crippen LogP contribution in [0.1, 0.15) is 6.42 Å². The van der Waals surface area contributed by atoms with E-state index in [1.807, 2.05) is 11.9 Å². The minimum atomic E-state index is -3.89. The molecule has 0 aliphatic carbocycles. The van der Waals surface area contributed by atoms with Gasteiger partial charge in [0.25, 0.3) is 0 Å². The Morgan fingerprint density at radius 3 is 2.31 bits per heavy atom. The third kappa shape index (κ3) is 3.31. The molecule has 3 rings (SSSR count). The van der Waals surface area contributed by atoms with Gasteiger partial charge >= 0.3 is 0 Å². The highest BCUT2D eigenvalue weighted by Crippen LogP contribution is 2.34. The zero-order chi connectivity index (χ0) is 19.1. The first-order valence-electron chi connectivity index (χ1n) is 8.09. The average molecular weight is 403 g/mol. The van der Waals surface area contributed by atoms with Crippen molar-refractivity contribution in [1.29, 1.82) is 0 Å². The van der Waals surface area contributed by atoms with Gasteiger partial charge in [-0.25, -0.2) is 21.1 Å². The van der Waals surface area contributed by atoms with Crippen LogP contribution in [0.3, 0.4) is 0 Å². The summed E-state index contributed by atoms with van der Waals surface area (Å²) in [6.45, 7) is 1.85. The van der Waals surface area contributed by atoms with Crippen molar-refractivity contribution in [3.8, 4) is 5.75 Å². The molecule has 9 nitrogen and oxygen atoms in total. The lowest BCUT2D eigenvalue weighted by Gasteiger charge is -2.32. The molecule has 2 aliphatic heterocycles. The Kier molecular flexibility index (Phi) is 4.99. The van der Waals surface area contributed by atoms with E-state index in [9.17, 15) is 21.6 Å². The molecular formula is C15H21N3O6S2. The SMILES string of the molecule is COc1ccc(N2C(=O)CCS2(=O)=O)cc1S(=O)(=O)N1CCN(C)CC1. The van der Waals surface area contributed by atoms with Gasteiger partial charge in [0.05, 0.1) is 18.6 Å². The number of benzene rings is 1. The molecule has 144 valence electrons. The Morgan fingerprint density at radius 1 is 1.12 bits per heavy atom. The van der Waals surface area contributed by atoms with E-state index in [2.05, 4.69) is 0 Å². The van der Waals surface area contributed by atoms with Gasteiger partial charge in [-0.3, -0.25) is 4.79 Å². The number of ether oxygens (including phenoxy) is 1. The third-order valence-corrected chi connectivity index (χ3v) is 8.15. The summed E-state index contributed by atoms with van der Waals surface area (Å²) in [5.74, 6) is -0.742. The number of likely N-dealkylation sites (N-methyl/N-ethyl adjacent to an activating group) is 1. The molecular weight excluding hydrogens is 382 g/mol. The molecule has 2 saturated heterocycles. The van der Waals surface area contributed by atoms with Crippen LogP contribution in [-0.2, 0) is 24.8 Å². The largest absolute Gasteiger partial charge is 0.495 e. The molecule has 1 amide bonds. The van der Waals surface area contributed by atoms with Crippen molar-refractivity contribution in [2.45, 2.75) is 11.3 Å². The number of anilines is 1. The number of sulfonamides is 2. The first kappa shape index (κ1) is 19.1. The van der Waals surface area contributed by atoms with E-state index in [4.69, 9.17) is 4.74 Å². The lowest BCUT2D eigenvalue weighted by Crippen LogP contribution is -2.47. The van der Waals surface area contributed by atoms with Gasteiger partial charge in [0.1, 0.15) is 10.6 Å². The van der Waals surface area contributed by atoms with Crippen molar-refractivity contribution in [2.24, 2.45) is 0 Å². The molecule has 0 saturated carbocycles. The Hall–Kier alpha value is -1.69. The lowest BCUT2D eigenvalue weighted by molar-refractivity contribution is -0.116. The molecule has 1 aromatic carbocycles. The van der Waals surface area contributed by atoms with Crippen LogP contribution in [0, 0.1) is 0 Å². The fraction of sp³-hybridized carbons (Fsp3) is 0.533. The zero-order valence-corrected chi connectivity index (χ0v) is 16.2. The molecule has 11 heteroatoms. The first-order chi connectivity index (χ1) is 12.2. The van der Waals surface area contributed by atoms with Gasteiger partial charge in [-0.2, -0.15) is 4.31 Å². The Labute approximate surface area is 153 Å². The van der Waals surface area contributed by atoms with E-state index < -0.39 is 26.0 Å². The standard InChI is InChI=1S/C15H21N3O6S2/c1-16-6-8-17(9-7-16)26(22,23)14-11-12(3-4-13(14)24-2)18-15(19)5-10-25(18,20)21/h3-4,11H,5-10H2,1-2H3. The lowest BCUT2D eigenvalue weighted by atomic mass is 10.3. The Morgan fingerprint density at radius 2 is 1.77 bits per heavy atom. The highest BCUT2D eigenvalue weighted by atomic mass is 32.2. The summed E-state index contributed by atoms with van der Waals surface area (Å²) in [6.07, 6.45) is -0.116. The number of hydrogen-bond acceptors (Lipinski definition) is 7. The second-order valence-corrected chi connectivity index (χ2v) is 10.1. The number of hydrogen-bond donors (Lipinski definition) is 0. The number of amides is 1. The van der Waals surface area contributed by atoms with E-state index in [1.165, 1.54) is 29.6 Å². The quantitative estimate of drug-likeness (QED) is 0.680.